The van der Waals surface area contributed by atoms with E-state index in [-0.39, 0.29) is 47.6 Å². The summed E-state index contributed by atoms with van der Waals surface area (Å²) in [7, 11) is 0.151. The van der Waals surface area contributed by atoms with Crippen molar-refractivity contribution in [2.75, 3.05) is 35.4 Å². The summed E-state index contributed by atoms with van der Waals surface area (Å²) in [5, 5.41) is 15.8. The molecular formula is C40H32Br2F6N10O5P+. The van der Waals surface area contributed by atoms with Crippen molar-refractivity contribution < 1.29 is 49.5 Å². The van der Waals surface area contributed by atoms with E-state index in [1.165, 1.54) is 38.4 Å². The summed E-state index contributed by atoms with van der Waals surface area (Å²) in [6.45, 7) is -0.310. The Labute approximate surface area is 377 Å². The first-order valence-electron chi connectivity index (χ1n) is 18.3. The van der Waals surface area contributed by atoms with Gasteiger partial charge < -0.3 is 31.9 Å². The lowest BCUT2D eigenvalue weighted by atomic mass is 10.1. The molecular weight excluding hydrogens is 1010 g/mol. The highest BCUT2D eigenvalue weighted by Crippen LogP contribution is 2.39. The van der Waals surface area contributed by atoms with E-state index in [0.717, 1.165) is 0 Å². The molecule has 15 nitrogen and oxygen atoms in total. The van der Waals surface area contributed by atoms with Gasteiger partial charge in [-0.1, -0.05) is 36.4 Å². The summed E-state index contributed by atoms with van der Waals surface area (Å²) in [4.78, 5) is 40.4. The lowest BCUT2D eigenvalue weighted by Crippen LogP contribution is -2.20. The number of hydrogen-bond donors (Lipinski definition) is 6. The first-order chi connectivity index (χ1) is 30.4. The van der Waals surface area contributed by atoms with Crippen LogP contribution in [0.5, 0.6) is 0 Å². The molecule has 0 unspecified atom stereocenters. The number of rotatable bonds is 16. The molecule has 2 aromatic heterocycles. The molecule has 332 valence electrons. The van der Waals surface area contributed by atoms with Gasteiger partial charge in [-0.05, 0) is 91.5 Å². The predicted molar refractivity (Wildman–Crippen MR) is 232 cm³/mol. The summed E-state index contributed by atoms with van der Waals surface area (Å²) in [6.07, 6.45) is -8.41. The van der Waals surface area contributed by atoms with Crippen LogP contribution in [-0.4, -0.2) is 45.8 Å². The van der Waals surface area contributed by atoms with E-state index < -0.39 is 55.2 Å². The molecule has 64 heavy (non-hydrogen) atoms. The fourth-order valence-corrected chi connectivity index (χ4v) is 7.26. The smallest absolute Gasteiger partial charge is 0.355 e. The highest BCUT2D eigenvalue weighted by molar-refractivity contribution is 9.11. The third-order valence-electron chi connectivity index (χ3n) is 8.73. The first kappa shape index (κ1) is 47.2. The minimum absolute atomic E-state index is 0.0894. The molecule has 0 aliphatic heterocycles. The van der Waals surface area contributed by atoms with Crippen LogP contribution in [-0.2, 0) is 39.2 Å². The second-order valence-corrected chi connectivity index (χ2v) is 15.7. The Bertz CT molecular complexity index is 2540. The number of halogens is 8. The molecule has 4 aromatic carbocycles. The van der Waals surface area contributed by atoms with Crippen LogP contribution in [0.1, 0.15) is 43.0 Å². The zero-order chi connectivity index (χ0) is 46.2. The van der Waals surface area contributed by atoms with E-state index >= 15 is 0 Å². The van der Waals surface area contributed by atoms with E-state index in [1.54, 1.807) is 60.7 Å². The van der Waals surface area contributed by atoms with Gasteiger partial charge in [0.05, 0.1) is 33.9 Å². The molecule has 0 saturated heterocycles. The average Bonchev–Trinajstić information content (AvgIpc) is 3.25. The predicted octanol–water partition coefficient (Wildman–Crippen LogP) is 10.9. The van der Waals surface area contributed by atoms with Crippen LogP contribution in [0.15, 0.2) is 106 Å². The summed E-state index contributed by atoms with van der Waals surface area (Å²) >= 11 is 6.80. The molecule has 0 spiro atoms. The number of alkyl halides is 6. The van der Waals surface area contributed by atoms with Crippen LogP contribution in [0.3, 0.4) is 0 Å². The Morgan fingerprint density at radius 3 is 1.34 bits per heavy atom. The molecule has 6 rings (SSSR count). The molecule has 2 heterocycles. The number of carbonyl (C=O) groups is 2. The number of aromatic nitrogens is 4. The van der Waals surface area contributed by atoms with Crippen LogP contribution in [0.25, 0.3) is 0 Å². The topological polar surface area (TPSA) is 193 Å². The third-order valence-corrected chi connectivity index (χ3v) is 10.7. The maximum Gasteiger partial charge on any atom is 0.698 e. The van der Waals surface area contributed by atoms with Crippen molar-refractivity contribution in [2.24, 2.45) is 0 Å². The summed E-state index contributed by atoms with van der Waals surface area (Å²) in [6, 6.07) is 21.6. The van der Waals surface area contributed by atoms with Gasteiger partial charge in [-0.25, -0.2) is 9.97 Å². The van der Waals surface area contributed by atoms with Crippen LogP contribution < -0.4 is 31.9 Å². The second-order valence-electron chi connectivity index (χ2n) is 13.1. The van der Waals surface area contributed by atoms with Gasteiger partial charge in [0, 0.05) is 40.0 Å². The van der Waals surface area contributed by atoms with E-state index in [1.807, 2.05) is 0 Å². The van der Waals surface area contributed by atoms with Crippen LogP contribution in [0.4, 0.5) is 72.6 Å². The van der Waals surface area contributed by atoms with Crippen molar-refractivity contribution >= 4 is 98.2 Å². The van der Waals surface area contributed by atoms with Crippen molar-refractivity contribution in [3.8, 4) is 0 Å². The van der Waals surface area contributed by atoms with Crippen LogP contribution >= 0.6 is 40.1 Å². The maximum absolute atomic E-state index is 13.9. The van der Waals surface area contributed by atoms with Crippen molar-refractivity contribution in [1.29, 1.82) is 0 Å². The lowest BCUT2D eigenvalue weighted by molar-refractivity contribution is -0.138. The molecule has 6 aromatic rings. The third kappa shape index (κ3) is 12.0. The van der Waals surface area contributed by atoms with Crippen molar-refractivity contribution in [3.63, 3.8) is 0 Å². The number of carbonyl (C=O) groups excluding carboxylic acids is 2. The lowest BCUT2D eigenvalue weighted by Gasteiger charge is -2.17. The quantitative estimate of drug-likeness (QED) is 0.0397. The number of hydrogen-bond acceptors (Lipinski definition) is 13. The van der Waals surface area contributed by atoms with Gasteiger partial charge in [-0.15, -0.1) is 9.05 Å². The molecule has 0 atom stereocenters. The molecule has 0 radical (unpaired) electrons. The number of benzene rings is 4. The SMILES string of the molecule is CNC(=O)c1ccccc1Nc1nc(Nc2ccc(CO[P+](=O)OCc3ccc(Nc4ncc(C(F)(F)F)c(Nc5ccccc5C(=O)NC)n4)c(Br)c3)cc2Br)ncc1C(F)(F)F. The molecule has 0 bridgehead atoms. The van der Waals surface area contributed by atoms with Crippen LogP contribution in [0.2, 0.25) is 0 Å². The molecule has 2 amide bonds. The Hall–Kier alpha value is -6.26. The molecule has 24 heteroatoms. The van der Waals surface area contributed by atoms with E-state index in [9.17, 15) is 40.5 Å². The van der Waals surface area contributed by atoms with Gasteiger partial charge in [0.1, 0.15) is 36.0 Å². The van der Waals surface area contributed by atoms with Gasteiger partial charge in [-0.2, -0.15) is 36.3 Å². The Morgan fingerprint density at radius 1 is 0.594 bits per heavy atom. The standard InChI is InChI=1S/C40H31Br2F6N10O5P/c1-49-35(59)23-7-3-5-9-29(23)53-33-25(39(43,44)45)17-51-37(57-33)55-31-13-11-21(15-27(31)41)19-62-64(61)63-20-22-12-14-32(28(42)16-22)56-38-52-18-26(40(46,47)48)34(58-38)54-30-10-6-4-8-24(30)36(60)50-2/h3-18H,19-20H2,1-2H3,(H5-,49,50,51,52,53,54,55,56,57,58,59,60)/p+1. The Kier molecular flexibility index (Phi) is 15.1. The van der Waals surface area contributed by atoms with E-state index in [4.69, 9.17) is 9.05 Å². The highest BCUT2D eigenvalue weighted by atomic mass is 79.9. The summed E-state index contributed by atoms with van der Waals surface area (Å²) < 4.78 is 108. The largest absolute Gasteiger partial charge is 0.698 e. The van der Waals surface area contributed by atoms with Crippen LogP contribution in [0, 0.1) is 0 Å². The van der Waals surface area contributed by atoms with Gasteiger partial charge in [0.2, 0.25) is 11.9 Å². The zero-order valence-corrected chi connectivity index (χ0v) is 37.0. The molecule has 0 fully saturated rings. The second kappa shape index (κ2) is 20.5. The minimum Gasteiger partial charge on any atom is -0.355 e. The zero-order valence-electron chi connectivity index (χ0n) is 33.0. The number of amides is 2. The van der Waals surface area contributed by atoms with Gasteiger partial charge >= 0.3 is 20.6 Å². The van der Waals surface area contributed by atoms with Gasteiger partial charge in [0.15, 0.2) is 0 Å². The van der Waals surface area contributed by atoms with Gasteiger partial charge in [0.25, 0.3) is 11.8 Å². The average molecular weight is 1040 g/mol. The monoisotopic (exact) mass is 1040 g/mol. The molecule has 0 aliphatic rings. The number of nitrogens with one attached hydrogen (secondary N) is 6. The first-order valence-corrected chi connectivity index (χ1v) is 21.0. The summed E-state index contributed by atoms with van der Waals surface area (Å²) in [5.41, 5.74) is -0.112. The van der Waals surface area contributed by atoms with Crippen molar-refractivity contribution in [1.82, 2.24) is 30.6 Å². The van der Waals surface area contributed by atoms with Gasteiger partial charge in [-0.3, -0.25) is 9.59 Å². The molecule has 6 N–H and O–H groups in total. The molecule has 0 saturated carbocycles. The maximum atomic E-state index is 13.9. The Balaban J connectivity index is 1.05. The number of para-hydroxylation sites is 2. The highest BCUT2D eigenvalue weighted by Gasteiger charge is 2.37. The summed E-state index contributed by atoms with van der Waals surface area (Å²) in [5.74, 6) is -2.61. The molecule has 0 aliphatic carbocycles. The normalized spacial score (nSPS) is 11.4. The van der Waals surface area contributed by atoms with Crippen molar-refractivity contribution in [2.45, 2.75) is 25.6 Å². The number of nitrogens with zero attached hydrogens (tertiary/aromatic N) is 4. The Morgan fingerprint density at radius 2 is 0.984 bits per heavy atom. The fraction of sp³-hybridized carbons (Fsp3) is 0.150. The fourth-order valence-electron chi connectivity index (χ4n) is 5.63. The minimum atomic E-state index is -4.82. The number of anilines is 8. The van der Waals surface area contributed by atoms with E-state index in [0.29, 0.717) is 43.8 Å². The van der Waals surface area contributed by atoms with Crippen molar-refractivity contribution in [3.05, 3.63) is 140 Å². The van der Waals surface area contributed by atoms with E-state index in [2.05, 4.69) is 83.7 Å².